The molecule has 3 N–H and O–H groups in total. The van der Waals surface area contributed by atoms with Crippen LogP contribution < -0.4 is 11.1 Å². The fraction of sp³-hybridized carbons (Fsp3) is 0.923. The Labute approximate surface area is 99.2 Å². The van der Waals surface area contributed by atoms with E-state index in [-0.39, 0.29) is 17.4 Å². The molecule has 1 atom stereocenters. The molecule has 3 nitrogen and oxygen atoms in total. The summed E-state index contributed by atoms with van der Waals surface area (Å²) >= 11 is 0. The predicted molar refractivity (Wildman–Crippen MR) is 67.0 cm³/mol. The highest BCUT2D eigenvalue weighted by Gasteiger charge is 2.37. The summed E-state index contributed by atoms with van der Waals surface area (Å²) in [5, 5.41) is 3.07. The van der Waals surface area contributed by atoms with Gasteiger partial charge in [-0.2, -0.15) is 0 Å². The van der Waals surface area contributed by atoms with Gasteiger partial charge in [-0.3, -0.25) is 4.79 Å². The van der Waals surface area contributed by atoms with Crippen LogP contribution in [-0.4, -0.2) is 18.5 Å². The maximum Gasteiger partial charge on any atom is 0.220 e. The van der Waals surface area contributed by atoms with E-state index in [1.165, 1.54) is 6.42 Å². The van der Waals surface area contributed by atoms with Crippen molar-refractivity contribution in [2.45, 2.75) is 58.9 Å². The molecule has 0 aliphatic heterocycles. The average molecular weight is 226 g/mol. The van der Waals surface area contributed by atoms with Gasteiger partial charge < -0.3 is 11.1 Å². The van der Waals surface area contributed by atoms with Crippen LogP contribution in [0.25, 0.3) is 0 Å². The second-order valence-electron chi connectivity index (χ2n) is 5.83. The molecule has 1 rings (SSSR count). The standard InChI is InChI=1S/C13H26N2O/c1-10(2)7-11(3)15-12(16)8-13(9-14)5-4-6-13/h10-11H,4-9,14H2,1-3H3,(H,15,16). The Morgan fingerprint density at radius 3 is 2.38 bits per heavy atom. The van der Waals surface area contributed by atoms with Crippen molar-refractivity contribution < 1.29 is 4.79 Å². The molecule has 1 unspecified atom stereocenters. The molecule has 1 aliphatic carbocycles. The first-order chi connectivity index (χ1) is 7.47. The molecule has 3 heteroatoms. The lowest BCUT2D eigenvalue weighted by Gasteiger charge is -2.40. The maximum absolute atomic E-state index is 11.8. The monoisotopic (exact) mass is 226 g/mol. The van der Waals surface area contributed by atoms with Gasteiger partial charge in [0, 0.05) is 12.5 Å². The Morgan fingerprint density at radius 2 is 2.00 bits per heavy atom. The Bertz CT molecular complexity index is 229. The van der Waals surface area contributed by atoms with E-state index in [0.717, 1.165) is 19.3 Å². The van der Waals surface area contributed by atoms with Gasteiger partial charge in [0.05, 0.1) is 0 Å². The first-order valence-electron chi connectivity index (χ1n) is 6.47. The zero-order valence-corrected chi connectivity index (χ0v) is 10.9. The fourth-order valence-corrected chi connectivity index (χ4v) is 2.56. The number of hydrogen-bond donors (Lipinski definition) is 2. The number of rotatable bonds is 6. The molecule has 0 aromatic carbocycles. The molecular weight excluding hydrogens is 200 g/mol. The topological polar surface area (TPSA) is 55.1 Å². The fourth-order valence-electron chi connectivity index (χ4n) is 2.56. The summed E-state index contributed by atoms with van der Waals surface area (Å²) in [6.45, 7) is 7.08. The number of hydrogen-bond acceptors (Lipinski definition) is 2. The van der Waals surface area contributed by atoms with Gasteiger partial charge in [0.2, 0.25) is 5.91 Å². The lowest BCUT2D eigenvalue weighted by molar-refractivity contribution is -0.125. The molecule has 0 radical (unpaired) electrons. The minimum Gasteiger partial charge on any atom is -0.354 e. The predicted octanol–water partition coefficient (Wildman–Crippen LogP) is 2.06. The van der Waals surface area contributed by atoms with Crippen molar-refractivity contribution in [1.82, 2.24) is 5.32 Å². The highest BCUT2D eigenvalue weighted by molar-refractivity contribution is 5.77. The molecule has 0 aromatic heterocycles. The van der Waals surface area contributed by atoms with E-state index in [9.17, 15) is 4.79 Å². The van der Waals surface area contributed by atoms with Crippen LogP contribution in [0.1, 0.15) is 52.9 Å². The minimum absolute atomic E-state index is 0.127. The molecule has 94 valence electrons. The van der Waals surface area contributed by atoms with Gasteiger partial charge in [0.15, 0.2) is 0 Å². The summed E-state index contributed by atoms with van der Waals surface area (Å²) in [4.78, 5) is 11.8. The molecule has 1 aliphatic rings. The Kier molecular flexibility index (Phi) is 4.78. The van der Waals surface area contributed by atoms with Gasteiger partial charge in [-0.1, -0.05) is 20.3 Å². The Morgan fingerprint density at radius 1 is 1.38 bits per heavy atom. The molecule has 16 heavy (non-hydrogen) atoms. The summed E-state index contributed by atoms with van der Waals surface area (Å²) in [6.07, 6.45) is 5.13. The summed E-state index contributed by atoms with van der Waals surface area (Å²) in [5.74, 6) is 0.806. The van der Waals surface area contributed by atoms with Gasteiger partial charge in [0.1, 0.15) is 0 Å². The van der Waals surface area contributed by atoms with E-state index in [1.54, 1.807) is 0 Å². The Balaban J connectivity index is 2.29. The van der Waals surface area contributed by atoms with Crippen molar-refractivity contribution in [1.29, 1.82) is 0 Å². The summed E-state index contributed by atoms with van der Waals surface area (Å²) in [6, 6.07) is 0.280. The molecular formula is C13H26N2O. The molecule has 1 saturated carbocycles. The first kappa shape index (κ1) is 13.5. The Hall–Kier alpha value is -0.570. The van der Waals surface area contributed by atoms with Crippen LogP contribution in [-0.2, 0) is 4.79 Å². The van der Waals surface area contributed by atoms with Gasteiger partial charge in [-0.05, 0) is 44.1 Å². The SMILES string of the molecule is CC(C)CC(C)NC(=O)CC1(CN)CCC1. The van der Waals surface area contributed by atoms with Crippen molar-refractivity contribution in [2.24, 2.45) is 17.1 Å². The van der Waals surface area contributed by atoms with E-state index in [0.29, 0.717) is 18.9 Å². The highest BCUT2D eigenvalue weighted by atomic mass is 16.1. The number of carbonyl (C=O) groups is 1. The maximum atomic E-state index is 11.8. The smallest absolute Gasteiger partial charge is 0.220 e. The van der Waals surface area contributed by atoms with Crippen LogP contribution in [0.4, 0.5) is 0 Å². The summed E-state index contributed by atoms with van der Waals surface area (Å²) in [7, 11) is 0. The second-order valence-corrected chi connectivity index (χ2v) is 5.83. The van der Waals surface area contributed by atoms with E-state index in [1.807, 2.05) is 0 Å². The van der Waals surface area contributed by atoms with Gasteiger partial charge >= 0.3 is 0 Å². The van der Waals surface area contributed by atoms with E-state index in [2.05, 4.69) is 26.1 Å². The van der Waals surface area contributed by atoms with Gasteiger partial charge in [0.25, 0.3) is 0 Å². The van der Waals surface area contributed by atoms with Crippen LogP contribution in [0.2, 0.25) is 0 Å². The van der Waals surface area contributed by atoms with Crippen LogP contribution >= 0.6 is 0 Å². The minimum atomic E-state index is 0.127. The van der Waals surface area contributed by atoms with Gasteiger partial charge in [-0.15, -0.1) is 0 Å². The van der Waals surface area contributed by atoms with Crippen molar-refractivity contribution in [3.05, 3.63) is 0 Å². The summed E-state index contributed by atoms with van der Waals surface area (Å²) < 4.78 is 0. The zero-order valence-electron chi connectivity index (χ0n) is 10.9. The third kappa shape index (κ3) is 3.78. The molecule has 0 saturated heterocycles. The first-order valence-corrected chi connectivity index (χ1v) is 6.47. The molecule has 0 heterocycles. The zero-order chi connectivity index (χ0) is 12.2. The van der Waals surface area contributed by atoms with Crippen LogP contribution in [0.5, 0.6) is 0 Å². The molecule has 0 aromatic rings. The normalized spacial score (nSPS) is 20.3. The molecule has 1 fully saturated rings. The molecule has 0 bridgehead atoms. The van der Waals surface area contributed by atoms with Crippen molar-refractivity contribution in [3.63, 3.8) is 0 Å². The largest absolute Gasteiger partial charge is 0.354 e. The quantitative estimate of drug-likeness (QED) is 0.728. The van der Waals surface area contributed by atoms with Crippen molar-refractivity contribution in [2.75, 3.05) is 6.54 Å². The van der Waals surface area contributed by atoms with Gasteiger partial charge in [-0.25, -0.2) is 0 Å². The second kappa shape index (κ2) is 5.67. The number of amides is 1. The number of carbonyl (C=O) groups excluding carboxylic acids is 1. The third-order valence-electron chi connectivity index (χ3n) is 3.62. The molecule has 1 amide bonds. The van der Waals surface area contributed by atoms with Crippen LogP contribution in [0, 0.1) is 11.3 Å². The van der Waals surface area contributed by atoms with Crippen LogP contribution in [0.3, 0.4) is 0 Å². The number of nitrogens with one attached hydrogen (secondary N) is 1. The summed E-state index contributed by atoms with van der Waals surface area (Å²) in [5.41, 5.74) is 5.88. The number of nitrogens with two attached hydrogens (primary N) is 1. The van der Waals surface area contributed by atoms with Crippen molar-refractivity contribution >= 4 is 5.91 Å². The lowest BCUT2D eigenvalue weighted by Crippen LogP contribution is -2.43. The van der Waals surface area contributed by atoms with Crippen LogP contribution in [0.15, 0.2) is 0 Å². The lowest BCUT2D eigenvalue weighted by atomic mass is 9.66. The van der Waals surface area contributed by atoms with E-state index >= 15 is 0 Å². The van der Waals surface area contributed by atoms with Crippen molar-refractivity contribution in [3.8, 4) is 0 Å². The highest BCUT2D eigenvalue weighted by Crippen LogP contribution is 2.42. The molecule has 0 spiro atoms. The van der Waals surface area contributed by atoms with E-state index in [4.69, 9.17) is 5.73 Å². The van der Waals surface area contributed by atoms with E-state index < -0.39 is 0 Å². The average Bonchev–Trinajstić information content (AvgIpc) is 2.09. The third-order valence-corrected chi connectivity index (χ3v) is 3.62.